The molecule has 1 saturated heterocycles. The first-order valence-corrected chi connectivity index (χ1v) is 13.3. The molecule has 194 valence electrons. The minimum atomic E-state index is -0.125. The van der Waals surface area contributed by atoms with E-state index in [2.05, 4.69) is 48.1 Å². The average Bonchev–Trinajstić information content (AvgIpc) is 2.93. The van der Waals surface area contributed by atoms with Crippen LogP contribution >= 0.6 is 0 Å². The average molecular weight is 500 g/mol. The fourth-order valence-electron chi connectivity index (χ4n) is 5.58. The molecule has 37 heavy (non-hydrogen) atoms. The van der Waals surface area contributed by atoms with Crippen LogP contribution in [0.1, 0.15) is 49.5 Å². The molecular weight excluding hydrogens is 462 g/mol. The zero-order chi connectivity index (χ0) is 26.4. The highest BCUT2D eigenvalue weighted by molar-refractivity contribution is 5.94. The van der Waals surface area contributed by atoms with Crippen LogP contribution in [0.5, 0.6) is 0 Å². The Balaban J connectivity index is 1.33. The van der Waals surface area contributed by atoms with E-state index in [0.29, 0.717) is 35.9 Å². The van der Waals surface area contributed by atoms with Gasteiger partial charge in [0.15, 0.2) is 0 Å². The van der Waals surface area contributed by atoms with Crippen LogP contribution in [0.2, 0.25) is 0 Å². The van der Waals surface area contributed by atoms with Gasteiger partial charge in [-0.15, -0.1) is 0 Å². The molecule has 3 unspecified atom stereocenters. The van der Waals surface area contributed by atoms with Crippen LogP contribution in [0, 0.1) is 35.0 Å². The number of aromatic nitrogens is 1. The van der Waals surface area contributed by atoms with Crippen molar-refractivity contribution in [3.8, 4) is 6.07 Å². The number of pyridine rings is 1. The fraction of sp³-hybridized carbons (Fsp3) is 0.467. The quantitative estimate of drug-likeness (QED) is 0.575. The number of benzene rings is 1. The van der Waals surface area contributed by atoms with Gasteiger partial charge in [-0.1, -0.05) is 31.6 Å². The first kappa shape index (κ1) is 26.4. The number of hydrogen-bond acceptors (Lipinski definition) is 5. The van der Waals surface area contributed by atoms with Crippen molar-refractivity contribution < 1.29 is 9.59 Å². The minimum absolute atomic E-state index is 0.125. The molecule has 0 radical (unpaired) electrons. The van der Waals surface area contributed by atoms with Crippen molar-refractivity contribution in [2.75, 3.05) is 37.6 Å². The standard InChI is InChI=1S/C30H37N5O2/c1-21(2)27-17-25(18-29(36)35-14-12-34(13-15-35)28-6-4-5-11-32-28)22(3)16-26(27)20-33-30(37)24-9-7-23(19-31)8-10-24/h4-11,16,21,25-27H,12-15,17-18,20H2,1-3H3,(H,33,37). The monoisotopic (exact) mass is 499 g/mol. The first-order chi connectivity index (χ1) is 17.9. The van der Waals surface area contributed by atoms with E-state index in [4.69, 9.17) is 5.26 Å². The van der Waals surface area contributed by atoms with Gasteiger partial charge in [0, 0.05) is 50.9 Å². The number of anilines is 1. The van der Waals surface area contributed by atoms with Crippen LogP contribution in [0.15, 0.2) is 60.3 Å². The Morgan fingerprint density at radius 1 is 1.11 bits per heavy atom. The Kier molecular flexibility index (Phi) is 8.60. The Bertz CT molecular complexity index is 1140. The van der Waals surface area contributed by atoms with Crippen LogP contribution in [0.3, 0.4) is 0 Å². The molecule has 4 rings (SSSR count). The SMILES string of the molecule is CC1=CC(CNC(=O)c2ccc(C#N)cc2)C(C(C)C)CC1CC(=O)N1CCN(c2ccccn2)CC1. The number of rotatable bonds is 7. The van der Waals surface area contributed by atoms with Gasteiger partial charge in [0.05, 0.1) is 11.6 Å². The van der Waals surface area contributed by atoms with E-state index < -0.39 is 0 Å². The molecule has 1 N–H and O–H groups in total. The maximum absolute atomic E-state index is 13.2. The van der Waals surface area contributed by atoms with Crippen LogP contribution in [-0.4, -0.2) is 54.4 Å². The van der Waals surface area contributed by atoms with Crippen molar-refractivity contribution in [3.63, 3.8) is 0 Å². The summed E-state index contributed by atoms with van der Waals surface area (Å²) in [5, 5.41) is 12.1. The van der Waals surface area contributed by atoms with Crippen LogP contribution in [-0.2, 0) is 4.79 Å². The lowest BCUT2D eigenvalue weighted by atomic mass is 9.69. The first-order valence-electron chi connectivity index (χ1n) is 13.3. The molecule has 3 atom stereocenters. The van der Waals surface area contributed by atoms with E-state index >= 15 is 0 Å². The largest absolute Gasteiger partial charge is 0.353 e. The van der Waals surface area contributed by atoms with E-state index in [9.17, 15) is 9.59 Å². The number of carbonyl (C=O) groups excluding carboxylic acids is 2. The van der Waals surface area contributed by atoms with Crippen LogP contribution in [0.4, 0.5) is 5.82 Å². The molecule has 1 aromatic carbocycles. The van der Waals surface area contributed by atoms with E-state index in [-0.39, 0.29) is 23.7 Å². The summed E-state index contributed by atoms with van der Waals surface area (Å²) in [5.41, 5.74) is 2.34. The second-order valence-corrected chi connectivity index (χ2v) is 10.6. The Morgan fingerprint density at radius 2 is 1.84 bits per heavy atom. The van der Waals surface area contributed by atoms with Crippen molar-refractivity contribution in [3.05, 3.63) is 71.4 Å². The molecule has 1 fully saturated rings. The number of carbonyl (C=O) groups is 2. The van der Waals surface area contributed by atoms with E-state index in [1.165, 1.54) is 5.57 Å². The molecule has 2 amide bonds. The van der Waals surface area contributed by atoms with Gasteiger partial charge in [0.1, 0.15) is 5.82 Å². The van der Waals surface area contributed by atoms with Crippen molar-refractivity contribution >= 4 is 17.6 Å². The highest BCUT2D eigenvalue weighted by Gasteiger charge is 2.34. The summed E-state index contributed by atoms with van der Waals surface area (Å²) in [6.45, 7) is 10.2. The van der Waals surface area contributed by atoms with Gasteiger partial charge in [0.2, 0.25) is 5.91 Å². The molecule has 0 spiro atoms. The van der Waals surface area contributed by atoms with Crippen molar-refractivity contribution in [2.45, 2.75) is 33.6 Å². The molecule has 2 heterocycles. The Hall–Kier alpha value is -3.66. The molecule has 1 aromatic heterocycles. The molecular formula is C30H37N5O2. The van der Waals surface area contributed by atoms with E-state index in [1.54, 1.807) is 24.3 Å². The van der Waals surface area contributed by atoms with E-state index in [0.717, 1.165) is 38.4 Å². The van der Waals surface area contributed by atoms with Crippen molar-refractivity contribution in [1.29, 1.82) is 5.26 Å². The van der Waals surface area contributed by atoms with E-state index in [1.807, 2.05) is 29.3 Å². The summed E-state index contributed by atoms with van der Waals surface area (Å²) >= 11 is 0. The van der Waals surface area contributed by atoms with Gasteiger partial charge in [-0.05, 0) is 73.4 Å². The lowest BCUT2D eigenvalue weighted by Crippen LogP contribution is -2.49. The lowest BCUT2D eigenvalue weighted by Gasteiger charge is -2.39. The Morgan fingerprint density at radius 3 is 2.46 bits per heavy atom. The predicted molar refractivity (Wildman–Crippen MR) is 145 cm³/mol. The lowest BCUT2D eigenvalue weighted by molar-refractivity contribution is -0.132. The maximum Gasteiger partial charge on any atom is 0.251 e. The topological polar surface area (TPSA) is 89.3 Å². The van der Waals surface area contributed by atoms with Gasteiger partial charge < -0.3 is 15.1 Å². The molecule has 2 aliphatic rings. The summed E-state index contributed by atoms with van der Waals surface area (Å²) in [6, 6.07) is 14.7. The van der Waals surface area contributed by atoms with Crippen molar-refractivity contribution in [2.24, 2.45) is 23.7 Å². The fourth-order valence-corrected chi connectivity index (χ4v) is 5.58. The zero-order valence-electron chi connectivity index (χ0n) is 22.1. The second kappa shape index (κ2) is 12.1. The molecule has 1 aliphatic carbocycles. The van der Waals surface area contributed by atoms with Crippen LogP contribution in [0.25, 0.3) is 0 Å². The normalized spacial score (nSPS) is 21.8. The predicted octanol–water partition coefficient (Wildman–Crippen LogP) is 4.28. The maximum atomic E-state index is 13.2. The molecule has 7 heteroatoms. The Labute approximate surface area is 220 Å². The molecule has 0 bridgehead atoms. The number of nitrogens with zero attached hydrogens (tertiary/aromatic N) is 4. The van der Waals surface area contributed by atoms with Crippen molar-refractivity contribution in [1.82, 2.24) is 15.2 Å². The van der Waals surface area contributed by atoms with Crippen LogP contribution < -0.4 is 10.2 Å². The van der Waals surface area contributed by atoms with Gasteiger partial charge in [-0.3, -0.25) is 9.59 Å². The number of amides is 2. The summed E-state index contributed by atoms with van der Waals surface area (Å²) in [5.74, 6) is 2.38. The number of piperazine rings is 1. The summed E-state index contributed by atoms with van der Waals surface area (Å²) in [6.07, 6.45) is 5.59. The van der Waals surface area contributed by atoms with Gasteiger partial charge >= 0.3 is 0 Å². The molecule has 7 nitrogen and oxygen atoms in total. The number of nitriles is 1. The smallest absolute Gasteiger partial charge is 0.251 e. The summed E-state index contributed by atoms with van der Waals surface area (Å²) in [4.78, 5) is 34.6. The highest BCUT2D eigenvalue weighted by atomic mass is 16.2. The summed E-state index contributed by atoms with van der Waals surface area (Å²) in [7, 11) is 0. The second-order valence-electron chi connectivity index (χ2n) is 10.6. The molecule has 1 aliphatic heterocycles. The minimum Gasteiger partial charge on any atom is -0.353 e. The molecule has 0 saturated carbocycles. The van der Waals surface area contributed by atoms with Gasteiger partial charge in [-0.2, -0.15) is 5.26 Å². The van der Waals surface area contributed by atoms with Gasteiger partial charge in [0.25, 0.3) is 5.91 Å². The van der Waals surface area contributed by atoms with Gasteiger partial charge in [-0.25, -0.2) is 4.98 Å². The number of nitrogens with one attached hydrogen (secondary N) is 1. The molecule has 2 aromatic rings. The number of allylic oxidation sites excluding steroid dienone is 1. The third-order valence-electron chi connectivity index (χ3n) is 7.89. The highest BCUT2D eigenvalue weighted by Crippen LogP contribution is 2.39. The summed E-state index contributed by atoms with van der Waals surface area (Å²) < 4.78 is 0. The third-order valence-corrected chi connectivity index (χ3v) is 7.89. The number of hydrogen-bond donors (Lipinski definition) is 1. The zero-order valence-corrected chi connectivity index (χ0v) is 22.1. The third kappa shape index (κ3) is 6.56.